The predicted octanol–water partition coefficient (Wildman–Crippen LogP) is 2.61. The average molecular weight is 169 g/mol. The number of hydrogen-bond donors (Lipinski definition) is 0. The summed E-state index contributed by atoms with van der Waals surface area (Å²) in [5.74, 6) is -1.20. The minimum atomic E-state index is -2.17. The molecule has 0 aliphatic carbocycles. The molecule has 0 unspecified atom stereocenters. The molecule has 0 amide bonds. The van der Waals surface area contributed by atoms with E-state index < -0.39 is 12.2 Å². The van der Waals surface area contributed by atoms with Crippen molar-refractivity contribution in [3.63, 3.8) is 0 Å². The van der Waals surface area contributed by atoms with E-state index in [-0.39, 0.29) is 5.56 Å². The summed E-state index contributed by atoms with van der Waals surface area (Å²) in [5.41, 5.74) is 0.964. The smallest absolute Gasteiger partial charge is 0.287 e. The van der Waals surface area contributed by atoms with Crippen molar-refractivity contribution in [2.24, 2.45) is 0 Å². The van der Waals surface area contributed by atoms with E-state index in [0.29, 0.717) is 0 Å². The quantitative estimate of drug-likeness (QED) is 0.622. The molecule has 0 aliphatic rings. The van der Waals surface area contributed by atoms with Crippen molar-refractivity contribution in [2.75, 3.05) is 0 Å². The van der Waals surface area contributed by atoms with Crippen LogP contribution in [0.1, 0.15) is 15.9 Å². The van der Waals surface area contributed by atoms with Gasteiger partial charge in [0, 0.05) is 5.56 Å². The van der Waals surface area contributed by atoms with Gasteiger partial charge in [0.1, 0.15) is 0 Å². The molecule has 1 radical (unpaired) electrons. The first kappa shape index (κ1) is 8.84. The lowest BCUT2D eigenvalue weighted by atomic mass is 10.1. The summed E-state index contributed by atoms with van der Waals surface area (Å²) in [6.07, 6.45) is -2.17. The Bertz CT molecular complexity index is 277. The van der Waals surface area contributed by atoms with Gasteiger partial charge in [-0.25, -0.2) is 0 Å². The lowest BCUT2D eigenvalue weighted by Gasteiger charge is -1.97. The van der Waals surface area contributed by atoms with Gasteiger partial charge in [0.2, 0.25) is 5.78 Å². The predicted molar refractivity (Wildman–Crippen MR) is 41.0 cm³/mol. The number of ketones is 1. The van der Waals surface area contributed by atoms with Crippen molar-refractivity contribution >= 4 is 5.78 Å². The van der Waals surface area contributed by atoms with E-state index in [4.69, 9.17) is 0 Å². The van der Waals surface area contributed by atoms with Crippen LogP contribution in [0.5, 0.6) is 0 Å². The van der Waals surface area contributed by atoms with Crippen LogP contribution in [0, 0.1) is 13.3 Å². The topological polar surface area (TPSA) is 17.1 Å². The molecule has 0 saturated carbocycles. The van der Waals surface area contributed by atoms with Crippen molar-refractivity contribution in [1.29, 1.82) is 0 Å². The molecule has 1 aromatic rings. The van der Waals surface area contributed by atoms with E-state index in [1.807, 2.05) is 6.92 Å². The van der Waals surface area contributed by atoms with Gasteiger partial charge in [0.25, 0.3) is 0 Å². The highest BCUT2D eigenvalue weighted by Gasteiger charge is 2.19. The van der Waals surface area contributed by atoms with Crippen LogP contribution in [0.3, 0.4) is 0 Å². The highest BCUT2D eigenvalue weighted by atomic mass is 19.3. The standard InChI is InChI=1S/C9H7F2O/c1-6-2-4-7(5-3-6)8(12)9(10)11/h2-5H,1H3. The molecule has 0 aliphatic heterocycles. The minimum absolute atomic E-state index is 0.0283. The largest absolute Gasteiger partial charge is 0.379 e. The van der Waals surface area contributed by atoms with E-state index in [0.717, 1.165) is 5.56 Å². The van der Waals surface area contributed by atoms with Gasteiger partial charge >= 0.3 is 6.43 Å². The Hall–Kier alpha value is -1.25. The molecule has 0 spiro atoms. The van der Waals surface area contributed by atoms with Crippen molar-refractivity contribution in [1.82, 2.24) is 0 Å². The zero-order valence-corrected chi connectivity index (χ0v) is 6.47. The number of benzene rings is 1. The van der Waals surface area contributed by atoms with E-state index in [9.17, 15) is 13.6 Å². The van der Waals surface area contributed by atoms with Gasteiger partial charge in [-0.05, 0) is 6.92 Å². The molecule has 0 fully saturated rings. The molecule has 3 heteroatoms. The lowest BCUT2D eigenvalue weighted by molar-refractivity contribution is 0.0880. The molecule has 12 heavy (non-hydrogen) atoms. The van der Waals surface area contributed by atoms with E-state index in [1.165, 1.54) is 12.1 Å². The van der Waals surface area contributed by atoms with Crippen molar-refractivity contribution in [3.8, 4) is 0 Å². The Morgan fingerprint density at radius 2 is 1.67 bits per heavy atom. The fraction of sp³-hybridized carbons (Fsp3) is 0.111. The van der Waals surface area contributed by atoms with Crippen LogP contribution in [0.15, 0.2) is 24.3 Å². The van der Waals surface area contributed by atoms with Crippen molar-refractivity contribution in [2.45, 2.75) is 6.92 Å². The first-order valence-electron chi connectivity index (χ1n) is 3.40. The fourth-order valence-corrected chi connectivity index (χ4v) is 0.814. The van der Waals surface area contributed by atoms with Crippen LogP contribution in [0.4, 0.5) is 8.78 Å². The van der Waals surface area contributed by atoms with Crippen molar-refractivity contribution in [3.05, 3.63) is 41.8 Å². The molecule has 63 valence electrons. The summed E-state index contributed by atoms with van der Waals surface area (Å²) in [4.78, 5) is 10.7. The van der Waals surface area contributed by atoms with E-state index in [1.54, 1.807) is 12.1 Å². The van der Waals surface area contributed by atoms with Crippen molar-refractivity contribution < 1.29 is 13.6 Å². The number of aryl methyl sites for hydroxylation is 1. The molecule has 1 rings (SSSR count). The molecule has 0 heterocycles. The Balaban J connectivity index is 2.90. The number of halogens is 2. The molecule has 1 aromatic carbocycles. The van der Waals surface area contributed by atoms with Gasteiger partial charge in [-0.15, -0.1) is 0 Å². The Kier molecular flexibility index (Phi) is 2.53. The SMILES string of the molecule is Cc1ccc(C(=O)[C](F)F)cc1. The first-order chi connectivity index (χ1) is 5.61. The van der Waals surface area contributed by atoms with Gasteiger partial charge in [-0.2, -0.15) is 8.78 Å². The lowest BCUT2D eigenvalue weighted by Crippen LogP contribution is -2.02. The molecule has 0 aromatic heterocycles. The third-order valence-corrected chi connectivity index (χ3v) is 1.49. The molecule has 0 N–H and O–H groups in total. The van der Waals surface area contributed by atoms with Crippen LogP contribution < -0.4 is 0 Å². The monoisotopic (exact) mass is 169 g/mol. The molecule has 1 nitrogen and oxygen atoms in total. The number of hydrogen-bond acceptors (Lipinski definition) is 1. The summed E-state index contributed by atoms with van der Waals surface area (Å²) in [7, 11) is 0. The van der Waals surface area contributed by atoms with Gasteiger partial charge in [-0.3, -0.25) is 4.79 Å². The second kappa shape index (κ2) is 3.43. The van der Waals surface area contributed by atoms with Gasteiger partial charge in [0.15, 0.2) is 0 Å². The highest BCUT2D eigenvalue weighted by molar-refractivity contribution is 6.03. The number of rotatable bonds is 2. The van der Waals surface area contributed by atoms with Crippen LogP contribution in [-0.4, -0.2) is 5.78 Å². The zero-order valence-electron chi connectivity index (χ0n) is 6.47. The molecule has 0 saturated heterocycles. The van der Waals surface area contributed by atoms with Gasteiger partial charge < -0.3 is 0 Å². The summed E-state index contributed by atoms with van der Waals surface area (Å²) in [5, 5.41) is 0. The van der Waals surface area contributed by atoms with Crippen LogP contribution in [0.25, 0.3) is 0 Å². The molecule has 0 bridgehead atoms. The zero-order chi connectivity index (χ0) is 9.14. The molecular weight excluding hydrogens is 162 g/mol. The Morgan fingerprint density at radius 1 is 1.17 bits per heavy atom. The van der Waals surface area contributed by atoms with Crippen LogP contribution in [0.2, 0.25) is 0 Å². The summed E-state index contributed by atoms with van der Waals surface area (Å²) in [6, 6.07) is 6.01. The van der Waals surface area contributed by atoms with Crippen LogP contribution in [-0.2, 0) is 0 Å². The van der Waals surface area contributed by atoms with E-state index in [2.05, 4.69) is 0 Å². The summed E-state index contributed by atoms with van der Waals surface area (Å²) < 4.78 is 23.6. The summed E-state index contributed by atoms with van der Waals surface area (Å²) >= 11 is 0. The third-order valence-electron chi connectivity index (χ3n) is 1.49. The first-order valence-corrected chi connectivity index (χ1v) is 3.40. The fourth-order valence-electron chi connectivity index (χ4n) is 0.814. The minimum Gasteiger partial charge on any atom is -0.287 e. The Morgan fingerprint density at radius 3 is 2.08 bits per heavy atom. The molecule has 0 atom stereocenters. The van der Waals surface area contributed by atoms with Crippen LogP contribution >= 0.6 is 0 Å². The highest BCUT2D eigenvalue weighted by Crippen LogP contribution is 2.13. The number of Topliss-reactive ketones (excluding diaryl/α,β-unsaturated/α-hetero) is 1. The maximum absolute atomic E-state index is 11.8. The third kappa shape index (κ3) is 1.87. The average Bonchev–Trinajstić information content (AvgIpc) is 2.04. The number of carbonyl (C=O) groups excluding carboxylic acids is 1. The second-order valence-electron chi connectivity index (χ2n) is 2.46. The summed E-state index contributed by atoms with van der Waals surface area (Å²) in [6.45, 7) is 1.82. The normalized spacial score (nSPS) is 10.3. The maximum atomic E-state index is 11.8. The second-order valence-corrected chi connectivity index (χ2v) is 2.46. The Labute approximate surface area is 69.0 Å². The van der Waals surface area contributed by atoms with E-state index >= 15 is 0 Å². The maximum Gasteiger partial charge on any atom is 0.379 e. The van der Waals surface area contributed by atoms with Gasteiger partial charge in [-0.1, -0.05) is 29.8 Å². The number of carbonyl (C=O) groups is 1. The molecular formula is C9H7F2O. The van der Waals surface area contributed by atoms with Gasteiger partial charge in [0.05, 0.1) is 0 Å².